The predicted octanol–water partition coefficient (Wildman–Crippen LogP) is 5.73. The number of amides is 1. The fourth-order valence-electron chi connectivity index (χ4n) is 3.92. The van der Waals surface area contributed by atoms with E-state index in [9.17, 15) is 24.8 Å². The van der Waals surface area contributed by atoms with Crippen LogP contribution in [0.25, 0.3) is 0 Å². The lowest BCUT2D eigenvalue weighted by molar-refractivity contribution is -0.383. The summed E-state index contributed by atoms with van der Waals surface area (Å²) in [5, 5.41) is 26.7. The maximum Gasteiger partial charge on any atom is 0.326 e. The van der Waals surface area contributed by atoms with E-state index >= 15 is 0 Å². The predicted molar refractivity (Wildman–Crippen MR) is 147 cm³/mol. The number of rotatable bonds is 12. The van der Waals surface area contributed by atoms with Gasteiger partial charge in [0.1, 0.15) is 24.1 Å². The summed E-state index contributed by atoms with van der Waals surface area (Å²) >= 11 is 0. The van der Waals surface area contributed by atoms with E-state index in [1.54, 1.807) is 24.3 Å². The largest absolute Gasteiger partial charge is 0.489 e. The number of carbonyl (C=O) groups excluding carboxylic acids is 1. The average Bonchev–Trinajstić information content (AvgIpc) is 2.95. The summed E-state index contributed by atoms with van der Waals surface area (Å²) in [7, 11) is 0. The highest BCUT2D eigenvalue weighted by Gasteiger charge is 2.23. The Hall–Kier alpha value is -5.18. The van der Waals surface area contributed by atoms with Crippen molar-refractivity contribution in [3.05, 3.63) is 130 Å². The number of nitrogens with one attached hydrogen (secondary N) is 2. The van der Waals surface area contributed by atoms with E-state index in [4.69, 9.17) is 4.74 Å². The molecule has 0 saturated carbocycles. The third-order valence-electron chi connectivity index (χ3n) is 6.01. The maximum absolute atomic E-state index is 12.9. The van der Waals surface area contributed by atoms with Crippen LogP contribution in [0, 0.1) is 10.1 Å². The molecular weight excluding hydrogens is 498 g/mol. The quantitative estimate of drug-likeness (QED) is 0.159. The Morgan fingerprint density at radius 2 is 1.51 bits per heavy atom. The van der Waals surface area contributed by atoms with Gasteiger partial charge >= 0.3 is 5.97 Å². The molecular formula is C30H27N3O6. The van der Waals surface area contributed by atoms with Crippen LogP contribution in [0.2, 0.25) is 0 Å². The van der Waals surface area contributed by atoms with Gasteiger partial charge in [-0.05, 0) is 60.4 Å². The van der Waals surface area contributed by atoms with Gasteiger partial charge in [-0.25, -0.2) is 4.79 Å². The first kappa shape index (κ1) is 26.9. The van der Waals surface area contributed by atoms with Gasteiger partial charge in [0.05, 0.1) is 4.92 Å². The Morgan fingerprint density at radius 3 is 2.13 bits per heavy atom. The molecule has 1 atom stereocenters. The fourth-order valence-corrected chi connectivity index (χ4v) is 3.92. The van der Waals surface area contributed by atoms with Gasteiger partial charge in [0.2, 0.25) is 0 Å². The summed E-state index contributed by atoms with van der Waals surface area (Å²) in [4.78, 5) is 35.7. The van der Waals surface area contributed by atoms with Crippen LogP contribution in [0.1, 0.15) is 27.9 Å². The SMILES string of the molecule is O=C(N[C@@H](CCc1ccccc1)C(=O)O)c1ccc([N+](=O)[O-])c(Nc2ccc(OCc3ccccc3)cc2)c1. The normalized spacial score (nSPS) is 11.3. The van der Waals surface area contributed by atoms with Crippen LogP contribution in [0.4, 0.5) is 17.1 Å². The molecule has 0 spiro atoms. The first-order valence-corrected chi connectivity index (χ1v) is 12.3. The number of carboxylic acids is 1. The summed E-state index contributed by atoms with van der Waals surface area (Å²) in [5.74, 6) is -1.17. The molecule has 4 aromatic carbocycles. The molecule has 39 heavy (non-hydrogen) atoms. The fraction of sp³-hybridized carbons (Fsp3) is 0.133. The number of benzene rings is 4. The smallest absolute Gasteiger partial charge is 0.326 e. The number of carboxylic acid groups (broad SMARTS) is 1. The zero-order valence-electron chi connectivity index (χ0n) is 20.9. The zero-order chi connectivity index (χ0) is 27.6. The molecule has 0 aliphatic rings. The van der Waals surface area contributed by atoms with Gasteiger partial charge in [-0.15, -0.1) is 0 Å². The lowest BCUT2D eigenvalue weighted by Crippen LogP contribution is -2.41. The van der Waals surface area contributed by atoms with Crippen LogP contribution in [0.15, 0.2) is 103 Å². The van der Waals surface area contributed by atoms with Crippen molar-refractivity contribution < 1.29 is 24.4 Å². The topological polar surface area (TPSA) is 131 Å². The van der Waals surface area contributed by atoms with Gasteiger partial charge in [0.15, 0.2) is 0 Å². The van der Waals surface area contributed by atoms with Crippen molar-refractivity contribution in [3.8, 4) is 5.75 Å². The molecule has 9 nitrogen and oxygen atoms in total. The van der Waals surface area contributed by atoms with Crippen LogP contribution in [0.3, 0.4) is 0 Å². The van der Waals surface area contributed by atoms with Gasteiger partial charge in [-0.2, -0.15) is 0 Å². The van der Waals surface area contributed by atoms with E-state index in [1.807, 2.05) is 60.7 Å². The van der Waals surface area contributed by atoms with Crippen LogP contribution in [0.5, 0.6) is 5.75 Å². The Labute approximate surface area is 225 Å². The van der Waals surface area contributed by atoms with Crippen LogP contribution >= 0.6 is 0 Å². The van der Waals surface area contributed by atoms with E-state index in [0.29, 0.717) is 24.5 Å². The highest BCUT2D eigenvalue weighted by atomic mass is 16.6. The van der Waals surface area contributed by atoms with Crippen LogP contribution in [-0.2, 0) is 17.8 Å². The molecule has 1 amide bonds. The number of aryl methyl sites for hydroxylation is 1. The molecule has 0 bridgehead atoms. The highest BCUT2D eigenvalue weighted by Crippen LogP contribution is 2.30. The minimum absolute atomic E-state index is 0.0943. The van der Waals surface area contributed by atoms with Gasteiger partial charge in [-0.1, -0.05) is 60.7 Å². The van der Waals surface area contributed by atoms with E-state index in [1.165, 1.54) is 18.2 Å². The number of ether oxygens (including phenoxy) is 1. The molecule has 0 aliphatic heterocycles. The Kier molecular flexibility index (Phi) is 8.87. The van der Waals surface area contributed by atoms with Crippen molar-refractivity contribution in [2.24, 2.45) is 0 Å². The van der Waals surface area contributed by atoms with Gasteiger partial charge < -0.3 is 20.5 Å². The maximum atomic E-state index is 12.9. The monoisotopic (exact) mass is 525 g/mol. The molecule has 0 heterocycles. The Morgan fingerprint density at radius 1 is 0.872 bits per heavy atom. The van der Waals surface area contributed by atoms with Gasteiger partial charge in [0, 0.05) is 17.3 Å². The van der Waals surface area contributed by atoms with Crippen molar-refractivity contribution in [2.75, 3.05) is 5.32 Å². The van der Waals surface area contributed by atoms with Gasteiger partial charge in [-0.3, -0.25) is 14.9 Å². The molecule has 0 radical (unpaired) electrons. The molecule has 0 aromatic heterocycles. The summed E-state index contributed by atoms with van der Waals surface area (Å²) in [6.45, 7) is 0.402. The second-order valence-electron chi connectivity index (χ2n) is 8.80. The molecule has 9 heteroatoms. The van der Waals surface area contributed by atoms with E-state index in [2.05, 4.69) is 10.6 Å². The second-order valence-corrected chi connectivity index (χ2v) is 8.80. The van der Waals surface area contributed by atoms with Crippen molar-refractivity contribution in [1.82, 2.24) is 5.32 Å². The molecule has 0 unspecified atom stereocenters. The summed E-state index contributed by atoms with van der Waals surface area (Å²) in [5.41, 5.74) is 2.49. The second kappa shape index (κ2) is 12.9. The molecule has 4 aromatic rings. The molecule has 0 aliphatic carbocycles. The van der Waals surface area contributed by atoms with Crippen molar-refractivity contribution >= 4 is 28.9 Å². The molecule has 198 valence electrons. The minimum atomic E-state index is -1.16. The highest BCUT2D eigenvalue weighted by molar-refractivity contribution is 5.98. The number of hydrogen-bond donors (Lipinski definition) is 3. The zero-order valence-corrected chi connectivity index (χ0v) is 20.9. The van der Waals surface area contributed by atoms with Crippen molar-refractivity contribution in [3.63, 3.8) is 0 Å². The molecule has 0 fully saturated rings. The van der Waals surface area contributed by atoms with E-state index in [-0.39, 0.29) is 23.4 Å². The molecule has 4 rings (SSSR count). The number of nitro groups is 1. The number of anilines is 2. The Bertz CT molecular complexity index is 1430. The average molecular weight is 526 g/mol. The summed E-state index contributed by atoms with van der Waals surface area (Å²) in [6.07, 6.45) is 0.665. The Balaban J connectivity index is 1.44. The number of nitro benzene ring substituents is 1. The minimum Gasteiger partial charge on any atom is -0.489 e. The number of nitrogens with zero attached hydrogens (tertiary/aromatic N) is 1. The first-order chi connectivity index (χ1) is 18.9. The van der Waals surface area contributed by atoms with E-state index < -0.39 is 22.8 Å². The number of hydrogen-bond acceptors (Lipinski definition) is 6. The summed E-state index contributed by atoms with van der Waals surface area (Å²) < 4.78 is 5.78. The van der Waals surface area contributed by atoms with Crippen molar-refractivity contribution in [1.29, 1.82) is 0 Å². The van der Waals surface area contributed by atoms with Crippen LogP contribution < -0.4 is 15.4 Å². The third kappa shape index (κ3) is 7.65. The summed E-state index contributed by atoms with van der Waals surface area (Å²) in [6, 6.07) is 28.7. The van der Waals surface area contributed by atoms with Gasteiger partial charge in [0.25, 0.3) is 11.6 Å². The lowest BCUT2D eigenvalue weighted by Gasteiger charge is -2.15. The van der Waals surface area contributed by atoms with E-state index in [0.717, 1.165) is 11.1 Å². The van der Waals surface area contributed by atoms with Crippen molar-refractivity contribution in [2.45, 2.75) is 25.5 Å². The number of aliphatic carboxylic acids is 1. The lowest BCUT2D eigenvalue weighted by atomic mass is 10.0. The van der Waals surface area contributed by atoms with Crippen LogP contribution in [-0.4, -0.2) is 27.9 Å². The first-order valence-electron chi connectivity index (χ1n) is 12.3. The number of carbonyl (C=O) groups is 2. The third-order valence-corrected chi connectivity index (χ3v) is 6.01. The molecule has 3 N–H and O–H groups in total. The molecule has 0 saturated heterocycles. The standard InChI is InChI=1S/C30H27N3O6/c34-29(32-26(30(35)36)17-11-21-7-3-1-4-8-21)23-12-18-28(33(37)38)27(19-23)31-24-13-15-25(16-14-24)39-20-22-9-5-2-6-10-22/h1-10,12-16,18-19,26,31H,11,17,20H2,(H,32,34)(H,35,36)/t26-/m0/s1.